The van der Waals surface area contributed by atoms with E-state index >= 15 is 0 Å². The lowest BCUT2D eigenvalue weighted by atomic mass is 10.2. The van der Waals surface area contributed by atoms with Crippen LogP contribution in [-0.2, 0) is 4.74 Å². The second kappa shape index (κ2) is 5.77. The molecular formula is C10H10ClF2NO3. The van der Waals surface area contributed by atoms with Gasteiger partial charge in [0.2, 0.25) is 5.88 Å². The first kappa shape index (κ1) is 13.6. The van der Waals surface area contributed by atoms with Gasteiger partial charge >= 0.3 is 5.97 Å². The minimum absolute atomic E-state index is 0.115. The summed E-state index contributed by atoms with van der Waals surface area (Å²) in [6.45, 7) is 1.71. The number of alkyl halides is 2. The van der Waals surface area contributed by atoms with Crippen molar-refractivity contribution in [3.05, 3.63) is 22.3 Å². The molecule has 0 aliphatic heterocycles. The van der Waals surface area contributed by atoms with Gasteiger partial charge in [-0.05, 0) is 13.0 Å². The Morgan fingerprint density at radius 1 is 1.59 bits per heavy atom. The Morgan fingerprint density at radius 2 is 2.24 bits per heavy atom. The lowest BCUT2D eigenvalue weighted by Crippen LogP contribution is -2.08. The lowest BCUT2D eigenvalue weighted by Gasteiger charge is -2.09. The van der Waals surface area contributed by atoms with E-state index in [4.69, 9.17) is 21.1 Å². The summed E-state index contributed by atoms with van der Waals surface area (Å²) in [5.41, 5.74) is -0.773. The van der Waals surface area contributed by atoms with E-state index in [2.05, 4.69) is 4.98 Å². The molecule has 0 fully saturated rings. The molecule has 0 saturated carbocycles. The van der Waals surface area contributed by atoms with Gasteiger partial charge in [0.05, 0.1) is 19.3 Å². The minimum atomic E-state index is -2.82. The van der Waals surface area contributed by atoms with Crippen molar-refractivity contribution in [1.29, 1.82) is 0 Å². The summed E-state index contributed by atoms with van der Waals surface area (Å²) in [6, 6.07) is 0.896. The van der Waals surface area contributed by atoms with Crippen LogP contribution in [0.2, 0.25) is 5.02 Å². The number of nitrogens with zero attached hydrogens (tertiary/aromatic N) is 1. The number of carbonyl (C=O) groups is 1. The van der Waals surface area contributed by atoms with Gasteiger partial charge in [0.25, 0.3) is 6.43 Å². The zero-order chi connectivity index (χ0) is 13.0. The van der Waals surface area contributed by atoms with E-state index in [0.717, 1.165) is 6.07 Å². The largest absolute Gasteiger partial charge is 0.480 e. The number of aromatic nitrogens is 1. The molecule has 7 heteroatoms. The van der Waals surface area contributed by atoms with Crippen LogP contribution in [0, 0.1) is 0 Å². The Hall–Kier alpha value is -1.43. The van der Waals surface area contributed by atoms with Gasteiger partial charge in [0.1, 0.15) is 10.7 Å². The van der Waals surface area contributed by atoms with Crippen LogP contribution < -0.4 is 4.74 Å². The quantitative estimate of drug-likeness (QED) is 0.786. The highest BCUT2D eigenvalue weighted by Crippen LogP contribution is 2.30. The number of methoxy groups -OCH3 is 1. The molecule has 0 spiro atoms. The van der Waals surface area contributed by atoms with Crippen molar-refractivity contribution in [3.8, 4) is 5.88 Å². The molecule has 1 rings (SSSR count). The first-order valence-corrected chi connectivity index (χ1v) is 5.08. The number of esters is 1. The van der Waals surface area contributed by atoms with Crippen molar-refractivity contribution in [2.45, 2.75) is 13.3 Å². The van der Waals surface area contributed by atoms with Gasteiger partial charge in [0, 0.05) is 0 Å². The van der Waals surface area contributed by atoms with Gasteiger partial charge in [-0.2, -0.15) is 0 Å². The summed E-state index contributed by atoms with van der Waals surface area (Å²) in [5.74, 6) is -1.02. The van der Waals surface area contributed by atoms with Crippen LogP contribution >= 0.6 is 11.6 Å². The molecule has 94 valence electrons. The average Bonchev–Trinajstić information content (AvgIpc) is 2.29. The van der Waals surface area contributed by atoms with E-state index in [9.17, 15) is 13.6 Å². The van der Waals surface area contributed by atoms with Crippen LogP contribution in [-0.4, -0.2) is 24.7 Å². The van der Waals surface area contributed by atoms with Gasteiger partial charge in [-0.25, -0.2) is 18.6 Å². The molecule has 4 nitrogen and oxygen atoms in total. The van der Waals surface area contributed by atoms with Crippen molar-refractivity contribution in [2.24, 2.45) is 0 Å². The molecule has 0 saturated heterocycles. The van der Waals surface area contributed by atoms with Crippen molar-refractivity contribution in [2.75, 3.05) is 13.7 Å². The molecule has 0 aliphatic carbocycles. The molecular weight excluding hydrogens is 256 g/mol. The van der Waals surface area contributed by atoms with Gasteiger partial charge in [0.15, 0.2) is 0 Å². The normalized spacial score (nSPS) is 10.5. The SMILES string of the molecule is CCOC(=O)c1cc(C(F)F)nc(OC)c1Cl. The van der Waals surface area contributed by atoms with Crippen LogP contribution in [0.1, 0.15) is 29.4 Å². The van der Waals surface area contributed by atoms with E-state index in [1.165, 1.54) is 7.11 Å². The topological polar surface area (TPSA) is 48.4 Å². The zero-order valence-corrected chi connectivity index (χ0v) is 9.92. The molecule has 0 radical (unpaired) electrons. The van der Waals surface area contributed by atoms with E-state index < -0.39 is 18.1 Å². The maximum Gasteiger partial charge on any atom is 0.339 e. The second-order valence-electron chi connectivity index (χ2n) is 2.94. The summed E-state index contributed by atoms with van der Waals surface area (Å²) in [7, 11) is 1.22. The number of rotatable bonds is 4. The average molecular weight is 266 g/mol. The Balaban J connectivity index is 3.27. The number of ether oxygens (including phenoxy) is 2. The van der Waals surface area contributed by atoms with Gasteiger partial charge in [-0.1, -0.05) is 11.6 Å². The highest BCUT2D eigenvalue weighted by molar-refractivity contribution is 6.34. The maximum atomic E-state index is 12.5. The predicted molar refractivity (Wildman–Crippen MR) is 56.7 cm³/mol. The maximum absolute atomic E-state index is 12.5. The van der Waals surface area contributed by atoms with Crippen LogP contribution in [0.5, 0.6) is 5.88 Å². The Bertz CT molecular complexity index is 426. The molecule has 17 heavy (non-hydrogen) atoms. The molecule has 0 bridgehead atoms. The fourth-order valence-corrected chi connectivity index (χ4v) is 1.38. The molecule has 1 aromatic rings. The Morgan fingerprint density at radius 3 is 2.71 bits per heavy atom. The fourth-order valence-electron chi connectivity index (χ4n) is 1.13. The van der Waals surface area contributed by atoms with E-state index in [1.54, 1.807) is 6.92 Å². The standard InChI is InChI=1S/C10H10ClF2NO3/c1-3-17-10(15)5-4-6(8(12)13)14-9(16-2)7(5)11/h4,8H,3H2,1-2H3. The van der Waals surface area contributed by atoms with Crippen molar-refractivity contribution < 1.29 is 23.0 Å². The molecule has 0 atom stereocenters. The van der Waals surface area contributed by atoms with Gasteiger partial charge < -0.3 is 9.47 Å². The van der Waals surface area contributed by atoms with E-state index in [1.807, 2.05) is 0 Å². The third kappa shape index (κ3) is 3.03. The first-order valence-electron chi connectivity index (χ1n) is 4.71. The monoisotopic (exact) mass is 265 g/mol. The van der Waals surface area contributed by atoms with Crippen LogP contribution in [0.4, 0.5) is 8.78 Å². The Kier molecular flexibility index (Phi) is 4.62. The smallest absolute Gasteiger partial charge is 0.339 e. The third-order valence-corrected chi connectivity index (χ3v) is 2.22. The third-order valence-electron chi connectivity index (χ3n) is 1.86. The molecule has 0 aromatic carbocycles. The molecule has 0 N–H and O–H groups in total. The van der Waals surface area contributed by atoms with Crippen molar-refractivity contribution in [3.63, 3.8) is 0 Å². The molecule has 0 unspecified atom stereocenters. The number of halogens is 3. The fraction of sp³-hybridized carbons (Fsp3) is 0.400. The van der Waals surface area contributed by atoms with Gasteiger partial charge in [-0.15, -0.1) is 0 Å². The summed E-state index contributed by atoms with van der Waals surface area (Å²) in [6.07, 6.45) is -2.82. The molecule has 0 aliphatic rings. The summed E-state index contributed by atoms with van der Waals surface area (Å²) >= 11 is 5.78. The van der Waals surface area contributed by atoms with Crippen LogP contribution in [0.3, 0.4) is 0 Å². The van der Waals surface area contributed by atoms with Crippen molar-refractivity contribution >= 4 is 17.6 Å². The Labute approximate surface area is 101 Å². The number of hydrogen-bond acceptors (Lipinski definition) is 4. The van der Waals surface area contributed by atoms with E-state index in [0.29, 0.717) is 0 Å². The molecule has 1 heterocycles. The van der Waals surface area contributed by atoms with Gasteiger partial charge in [-0.3, -0.25) is 0 Å². The highest BCUT2D eigenvalue weighted by atomic mass is 35.5. The molecule has 1 aromatic heterocycles. The highest BCUT2D eigenvalue weighted by Gasteiger charge is 2.21. The zero-order valence-electron chi connectivity index (χ0n) is 9.17. The van der Waals surface area contributed by atoms with Crippen LogP contribution in [0.15, 0.2) is 6.07 Å². The number of hydrogen-bond donors (Lipinski definition) is 0. The van der Waals surface area contributed by atoms with E-state index in [-0.39, 0.29) is 23.1 Å². The number of pyridine rings is 1. The lowest BCUT2D eigenvalue weighted by molar-refractivity contribution is 0.0525. The summed E-state index contributed by atoms with van der Waals surface area (Å²) in [4.78, 5) is 15.0. The minimum Gasteiger partial charge on any atom is -0.480 e. The van der Waals surface area contributed by atoms with Crippen LogP contribution in [0.25, 0.3) is 0 Å². The predicted octanol–water partition coefficient (Wildman–Crippen LogP) is 2.86. The summed E-state index contributed by atoms with van der Waals surface area (Å²) < 4.78 is 34.5. The first-order chi connectivity index (χ1) is 8.01. The van der Waals surface area contributed by atoms with Crippen molar-refractivity contribution in [1.82, 2.24) is 4.98 Å². The summed E-state index contributed by atoms with van der Waals surface area (Å²) in [5, 5.41) is -0.143. The second-order valence-corrected chi connectivity index (χ2v) is 3.32. The number of carbonyl (C=O) groups excluding carboxylic acids is 1. The molecule has 0 amide bonds.